The van der Waals surface area contributed by atoms with Crippen molar-refractivity contribution < 1.29 is 4.79 Å². The Labute approximate surface area is 157 Å². The van der Waals surface area contributed by atoms with Crippen molar-refractivity contribution in [1.82, 2.24) is 10.3 Å². The van der Waals surface area contributed by atoms with E-state index in [1.54, 1.807) is 0 Å². The molecule has 2 heterocycles. The van der Waals surface area contributed by atoms with Gasteiger partial charge >= 0.3 is 0 Å². The summed E-state index contributed by atoms with van der Waals surface area (Å²) in [6.45, 7) is 2.11. The number of carbonyl (C=O) groups excluding carboxylic acids is 1. The van der Waals surface area contributed by atoms with Crippen LogP contribution in [-0.2, 0) is 11.2 Å². The van der Waals surface area contributed by atoms with Crippen LogP contribution in [0.5, 0.6) is 0 Å². The predicted molar refractivity (Wildman–Crippen MR) is 102 cm³/mol. The summed E-state index contributed by atoms with van der Waals surface area (Å²) in [5.74, 6) is 0.691. The van der Waals surface area contributed by atoms with Crippen LogP contribution in [0, 0.1) is 5.92 Å². The number of aromatic nitrogens is 1. The van der Waals surface area contributed by atoms with Crippen molar-refractivity contribution in [3.05, 3.63) is 45.9 Å². The lowest BCUT2D eigenvalue weighted by molar-refractivity contribution is -0.116. The van der Waals surface area contributed by atoms with E-state index in [1.807, 2.05) is 30.5 Å². The van der Waals surface area contributed by atoms with Gasteiger partial charge in [-0.25, -0.2) is 4.98 Å². The summed E-state index contributed by atoms with van der Waals surface area (Å²) in [6.07, 6.45) is 5.29. The van der Waals surface area contributed by atoms with E-state index in [0.29, 0.717) is 17.5 Å². The summed E-state index contributed by atoms with van der Waals surface area (Å²) >= 11 is 7.52. The molecule has 3 rings (SSSR count). The molecule has 130 valence electrons. The zero-order valence-electron chi connectivity index (χ0n) is 13.3. The number of amides is 1. The molecular weight excluding hydrogens is 365 g/mol. The van der Waals surface area contributed by atoms with Crippen LogP contribution < -0.4 is 10.6 Å². The molecule has 7 heteroatoms. The third-order valence-electron chi connectivity index (χ3n) is 4.01. The zero-order chi connectivity index (χ0) is 16.1. The summed E-state index contributed by atoms with van der Waals surface area (Å²) < 4.78 is 0. The Morgan fingerprint density at radius 3 is 3.08 bits per heavy atom. The number of nitrogens with zero attached hydrogens (tertiary/aromatic N) is 1. The fourth-order valence-electron chi connectivity index (χ4n) is 2.77. The van der Waals surface area contributed by atoms with Gasteiger partial charge < -0.3 is 10.6 Å². The SMILES string of the molecule is Cl.O=C(CCC1CCNC1)Nc1ncc(Cc2cccc(Cl)c2)s1. The Balaban J connectivity index is 0.00000208. The van der Waals surface area contributed by atoms with E-state index in [1.165, 1.54) is 17.8 Å². The van der Waals surface area contributed by atoms with Crippen molar-refractivity contribution in [2.24, 2.45) is 5.92 Å². The minimum Gasteiger partial charge on any atom is -0.316 e. The molecule has 0 aliphatic carbocycles. The molecule has 0 bridgehead atoms. The lowest BCUT2D eigenvalue weighted by atomic mass is 10.0. The summed E-state index contributed by atoms with van der Waals surface area (Å²) in [7, 11) is 0. The van der Waals surface area contributed by atoms with Gasteiger partial charge in [0.15, 0.2) is 5.13 Å². The van der Waals surface area contributed by atoms with Crippen molar-refractivity contribution in [3.8, 4) is 0 Å². The number of anilines is 1. The Hall–Kier alpha value is -1.14. The molecule has 2 aromatic rings. The molecule has 0 spiro atoms. The lowest BCUT2D eigenvalue weighted by Crippen LogP contribution is -2.14. The van der Waals surface area contributed by atoms with Gasteiger partial charge in [-0.05, 0) is 49.5 Å². The van der Waals surface area contributed by atoms with E-state index in [4.69, 9.17) is 11.6 Å². The monoisotopic (exact) mass is 385 g/mol. The third kappa shape index (κ3) is 5.74. The molecule has 1 aliphatic heterocycles. The summed E-state index contributed by atoms with van der Waals surface area (Å²) in [5, 5.41) is 7.65. The number of benzene rings is 1. The first kappa shape index (κ1) is 19.2. The molecule has 0 radical (unpaired) electrons. The van der Waals surface area contributed by atoms with Gasteiger partial charge in [-0.15, -0.1) is 23.7 Å². The van der Waals surface area contributed by atoms with E-state index in [-0.39, 0.29) is 18.3 Å². The highest BCUT2D eigenvalue weighted by molar-refractivity contribution is 7.15. The third-order valence-corrected chi connectivity index (χ3v) is 5.16. The van der Waals surface area contributed by atoms with Gasteiger partial charge in [0, 0.05) is 28.9 Å². The molecule has 24 heavy (non-hydrogen) atoms. The maximum Gasteiger partial charge on any atom is 0.226 e. The first-order valence-corrected chi connectivity index (χ1v) is 9.08. The summed E-state index contributed by atoms with van der Waals surface area (Å²) in [6, 6.07) is 7.80. The van der Waals surface area contributed by atoms with Crippen LogP contribution in [0.3, 0.4) is 0 Å². The van der Waals surface area contributed by atoms with Gasteiger partial charge in [0.2, 0.25) is 5.91 Å². The first-order chi connectivity index (χ1) is 11.2. The van der Waals surface area contributed by atoms with Crippen molar-refractivity contribution in [2.45, 2.75) is 25.7 Å². The Morgan fingerprint density at radius 2 is 2.33 bits per heavy atom. The Bertz CT molecular complexity index is 671. The molecule has 4 nitrogen and oxygen atoms in total. The number of carbonyl (C=O) groups is 1. The molecule has 1 fully saturated rings. The highest BCUT2D eigenvalue weighted by atomic mass is 35.5. The molecule has 0 saturated carbocycles. The highest BCUT2D eigenvalue weighted by Gasteiger charge is 2.16. The van der Waals surface area contributed by atoms with Crippen molar-refractivity contribution in [2.75, 3.05) is 18.4 Å². The average molecular weight is 386 g/mol. The molecular formula is C17H21Cl2N3OS. The Kier molecular flexibility index (Phi) is 7.49. The van der Waals surface area contributed by atoms with E-state index in [0.717, 1.165) is 41.4 Å². The van der Waals surface area contributed by atoms with E-state index in [2.05, 4.69) is 15.6 Å². The number of nitrogens with one attached hydrogen (secondary N) is 2. The fourth-order valence-corrected chi connectivity index (χ4v) is 3.85. The normalized spacial score (nSPS) is 16.6. The van der Waals surface area contributed by atoms with Crippen LogP contribution in [0.2, 0.25) is 5.02 Å². The molecule has 1 aromatic heterocycles. The van der Waals surface area contributed by atoms with E-state index >= 15 is 0 Å². The predicted octanol–water partition coefficient (Wildman–Crippen LogP) is 4.14. The largest absolute Gasteiger partial charge is 0.316 e. The lowest BCUT2D eigenvalue weighted by Gasteiger charge is -2.06. The number of thiazole rings is 1. The van der Waals surface area contributed by atoms with Gasteiger partial charge in [0.1, 0.15) is 0 Å². The zero-order valence-corrected chi connectivity index (χ0v) is 15.6. The number of hydrogen-bond acceptors (Lipinski definition) is 4. The summed E-state index contributed by atoms with van der Waals surface area (Å²) in [5.41, 5.74) is 1.15. The van der Waals surface area contributed by atoms with Gasteiger partial charge in [0.25, 0.3) is 0 Å². The minimum atomic E-state index is 0. The Morgan fingerprint density at radius 1 is 1.46 bits per heavy atom. The molecule has 1 aliphatic rings. The second-order valence-electron chi connectivity index (χ2n) is 5.88. The fraction of sp³-hybridized carbons (Fsp3) is 0.412. The van der Waals surface area contributed by atoms with Crippen molar-refractivity contribution >= 4 is 46.4 Å². The first-order valence-electron chi connectivity index (χ1n) is 7.89. The van der Waals surface area contributed by atoms with Crippen LogP contribution in [0.4, 0.5) is 5.13 Å². The van der Waals surface area contributed by atoms with Crippen LogP contribution in [-0.4, -0.2) is 24.0 Å². The van der Waals surface area contributed by atoms with Crippen LogP contribution in [0.15, 0.2) is 30.5 Å². The standard InChI is InChI=1S/C17H20ClN3OS.ClH/c18-14-3-1-2-13(8-14)9-15-11-20-17(23-15)21-16(22)5-4-12-6-7-19-10-12;/h1-3,8,11-12,19H,4-7,9-10H2,(H,20,21,22);1H. The van der Waals surface area contributed by atoms with E-state index < -0.39 is 0 Å². The molecule has 1 saturated heterocycles. The summed E-state index contributed by atoms with van der Waals surface area (Å²) in [4.78, 5) is 17.4. The molecule has 1 amide bonds. The smallest absolute Gasteiger partial charge is 0.226 e. The van der Waals surface area contributed by atoms with Crippen LogP contribution >= 0.6 is 35.3 Å². The van der Waals surface area contributed by atoms with Crippen LogP contribution in [0.25, 0.3) is 0 Å². The van der Waals surface area contributed by atoms with Gasteiger partial charge in [-0.3, -0.25) is 4.79 Å². The quantitative estimate of drug-likeness (QED) is 0.785. The number of hydrogen-bond donors (Lipinski definition) is 2. The minimum absolute atomic E-state index is 0. The molecule has 1 unspecified atom stereocenters. The van der Waals surface area contributed by atoms with Gasteiger partial charge in [-0.1, -0.05) is 23.7 Å². The van der Waals surface area contributed by atoms with Gasteiger partial charge in [-0.2, -0.15) is 0 Å². The van der Waals surface area contributed by atoms with Gasteiger partial charge in [0.05, 0.1) is 0 Å². The second-order valence-corrected chi connectivity index (χ2v) is 7.44. The van der Waals surface area contributed by atoms with E-state index in [9.17, 15) is 4.79 Å². The van der Waals surface area contributed by atoms with Crippen molar-refractivity contribution in [1.29, 1.82) is 0 Å². The second kappa shape index (κ2) is 9.37. The molecule has 2 N–H and O–H groups in total. The number of rotatable bonds is 6. The average Bonchev–Trinajstić information content (AvgIpc) is 3.17. The molecule has 1 atom stereocenters. The number of halogens is 2. The van der Waals surface area contributed by atoms with Crippen molar-refractivity contribution in [3.63, 3.8) is 0 Å². The highest BCUT2D eigenvalue weighted by Crippen LogP contribution is 2.23. The maximum absolute atomic E-state index is 12.0. The maximum atomic E-state index is 12.0. The molecule has 1 aromatic carbocycles. The topological polar surface area (TPSA) is 54.0 Å². The van der Waals surface area contributed by atoms with Crippen LogP contribution in [0.1, 0.15) is 29.7 Å².